The second-order valence-electron chi connectivity index (χ2n) is 3.17. The molecule has 0 aromatic carbocycles. The number of unbranched alkanes of at least 4 members (excludes halogenated alkanes) is 3. The minimum absolute atomic E-state index is 1.25. The Morgan fingerprint density at radius 2 is 1.83 bits per heavy atom. The van der Waals surface area contributed by atoms with Crippen molar-refractivity contribution in [1.29, 1.82) is 0 Å². The first-order chi connectivity index (χ1) is 5.85. The van der Waals surface area contributed by atoms with Gasteiger partial charge in [-0.15, -0.1) is 0 Å². The van der Waals surface area contributed by atoms with E-state index in [0.29, 0.717) is 0 Å². The van der Waals surface area contributed by atoms with Crippen LogP contribution in [0.25, 0.3) is 0 Å². The molecule has 0 spiro atoms. The van der Waals surface area contributed by atoms with Gasteiger partial charge in [-0.3, -0.25) is 0 Å². The maximum Gasteiger partial charge on any atom is -0.0282 e. The van der Waals surface area contributed by atoms with Crippen LogP contribution < -0.4 is 0 Å². The maximum atomic E-state index is 2.25. The van der Waals surface area contributed by atoms with Gasteiger partial charge in [-0.1, -0.05) is 50.0 Å². The first kappa shape index (κ1) is 11.5. The quantitative estimate of drug-likeness (QED) is 0.403. The minimum Gasteiger partial charge on any atom is -0.0874 e. The van der Waals surface area contributed by atoms with Crippen molar-refractivity contribution in [3.8, 4) is 0 Å². The van der Waals surface area contributed by atoms with Crippen molar-refractivity contribution in [1.82, 2.24) is 0 Å². The molecule has 0 radical (unpaired) electrons. The number of allylic oxidation sites excluding steroid dienone is 4. The Labute approximate surface area is 77.4 Å². The van der Waals surface area contributed by atoms with Crippen LogP contribution in [0.2, 0.25) is 0 Å². The lowest BCUT2D eigenvalue weighted by molar-refractivity contribution is 0.668. The largest absolute Gasteiger partial charge is 0.0874 e. The molecule has 0 aliphatic rings. The van der Waals surface area contributed by atoms with Crippen LogP contribution in [0.4, 0.5) is 0 Å². The van der Waals surface area contributed by atoms with E-state index in [1.54, 1.807) is 0 Å². The Bertz CT molecular complexity index is 140. The Morgan fingerprint density at radius 3 is 2.33 bits per heavy atom. The van der Waals surface area contributed by atoms with Gasteiger partial charge in [0.1, 0.15) is 0 Å². The van der Waals surface area contributed by atoms with E-state index < -0.39 is 0 Å². The van der Waals surface area contributed by atoms with Gasteiger partial charge in [0.05, 0.1) is 0 Å². The predicted octanol–water partition coefficient (Wildman–Crippen LogP) is 4.48. The third kappa shape index (κ3) is 6.21. The molecule has 0 aromatic heterocycles. The molecule has 0 unspecified atom stereocenters. The van der Waals surface area contributed by atoms with Gasteiger partial charge in [0.2, 0.25) is 0 Å². The molecule has 0 aliphatic carbocycles. The molecule has 0 saturated carbocycles. The standard InChI is InChI=1S/C12H22/c1-4-7-8-9-11-12(6-3)10-5-2/h5-6,10H,4,7-9,11H2,1-3H3. The monoisotopic (exact) mass is 166 g/mol. The van der Waals surface area contributed by atoms with Crippen LogP contribution in [0.1, 0.15) is 52.9 Å². The number of hydrogen-bond acceptors (Lipinski definition) is 0. The molecule has 0 N–H and O–H groups in total. The van der Waals surface area contributed by atoms with Gasteiger partial charge < -0.3 is 0 Å². The zero-order valence-corrected chi connectivity index (χ0v) is 8.77. The highest BCUT2D eigenvalue weighted by Crippen LogP contribution is 2.10. The lowest BCUT2D eigenvalue weighted by atomic mass is 10.1. The molecule has 0 aliphatic heterocycles. The van der Waals surface area contributed by atoms with Gasteiger partial charge in [0.25, 0.3) is 0 Å². The molecule has 12 heavy (non-hydrogen) atoms. The molecular weight excluding hydrogens is 144 g/mol. The van der Waals surface area contributed by atoms with Crippen LogP contribution in [0.15, 0.2) is 23.8 Å². The van der Waals surface area contributed by atoms with Crippen molar-refractivity contribution in [2.24, 2.45) is 0 Å². The Kier molecular flexibility index (Phi) is 8.20. The lowest BCUT2D eigenvalue weighted by Gasteiger charge is -2.00. The maximum absolute atomic E-state index is 2.25. The summed E-state index contributed by atoms with van der Waals surface area (Å²) in [6.07, 6.45) is 13.2. The van der Waals surface area contributed by atoms with E-state index in [-0.39, 0.29) is 0 Å². The first-order valence-corrected chi connectivity index (χ1v) is 5.13. The molecule has 0 amide bonds. The lowest BCUT2D eigenvalue weighted by Crippen LogP contribution is -1.80. The van der Waals surface area contributed by atoms with E-state index in [1.165, 1.54) is 37.7 Å². The molecule has 0 heterocycles. The zero-order chi connectivity index (χ0) is 9.23. The number of hydrogen-bond donors (Lipinski definition) is 0. The summed E-state index contributed by atoms with van der Waals surface area (Å²) in [5.41, 5.74) is 1.48. The molecule has 0 bridgehead atoms. The van der Waals surface area contributed by atoms with Crippen molar-refractivity contribution < 1.29 is 0 Å². The summed E-state index contributed by atoms with van der Waals surface area (Å²) in [6.45, 7) is 6.45. The van der Waals surface area contributed by atoms with Crippen molar-refractivity contribution in [3.63, 3.8) is 0 Å². The summed E-state index contributed by atoms with van der Waals surface area (Å²) in [5, 5.41) is 0. The summed E-state index contributed by atoms with van der Waals surface area (Å²) in [7, 11) is 0. The second-order valence-corrected chi connectivity index (χ2v) is 3.17. The van der Waals surface area contributed by atoms with Gasteiger partial charge in [-0.25, -0.2) is 0 Å². The van der Waals surface area contributed by atoms with E-state index >= 15 is 0 Å². The normalized spacial score (nSPS) is 12.8. The van der Waals surface area contributed by atoms with Crippen molar-refractivity contribution >= 4 is 0 Å². The zero-order valence-electron chi connectivity index (χ0n) is 8.77. The van der Waals surface area contributed by atoms with Gasteiger partial charge in [0.15, 0.2) is 0 Å². The fourth-order valence-electron chi connectivity index (χ4n) is 1.29. The Morgan fingerprint density at radius 1 is 1.08 bits per heavy atom. The van der Waals surface area contributed by atoms with E-state index in [4.69, 9.17) is 0 Å². The van der Waals surface area contributed by atoms with Gasteiger partial charge in [0, 0.05) is 0 Å². The van der Waals surface area contributed by atoms with Crippen molar-refractivity contribution in [2.75, 3.05) is 0 Å². The third-order valence-corrected chi connectivity index (χ3v) is 2.07. The predicted molar refractivity (Wildman–Crippen MR) is 57.3 cm³/mol. The summed E-state index contributed by atoms with van der Waals surface area (Å²) in [4.78, 5) is 0. The van der Waals surface area contributed by atoms with Crippen molar-refractivity contribution in [2.45, 2.75) is 52.9 Å². The molecule has 70 valence electrons. The highest BCUT2D eigenvalue weighted by molar-refractivity contribution is 5.16. The molecule has 0 fully saturated rings. The van der Waals surface area contributed by atoms with E-state index in [1.807, 2.05) is 0 Å². The summed E-state index contributed by atoms with van der Waals surface area (Å²) >= 11 is 0. The fourth-order valence-corrected chi connectivity index (χ4v) is 1.29. The average Bonchev–Trinajstić information content (AvgIpc) is 2.10. The second kappa shape index (κ2) is 8.58. The molecule has 0 rings (SSSR count). The first-order valence-electron chi connectivity index (χ1n) is 5.13. The van der Waals surface area contributed by atoms with Crippen LogP contribution in [0, 0.1) is 0 Å². The number of rotatable bonds is 6. The van der Waals surface area contributed by atoms with Crippen LogP contribution in [-0.4, -0.2) is 0 Å². The van der Waals surface area contributed by atoms with Gasteiger partial charge in [-0.2, -0.15) is 0 Å². The summed E-state index contributed by atoms with van der Waals surface area (Å²) < 4.78 is 0. The molecule has 0 saturated heterocycles. The molecule has 0 heteroatoms. The molecule has 0 aromatic rings. The van der Waals surface area contributed by atoms with Crippen LogP contribution in [-0.2, 0) is 0 Å². The van der Waals surface area contributed by atoms with E-state index in [9.17, 15) is 0 Å². The summed E-state index contributed by atoms with van der Waals surface area (Å²) in [6, 6.07) is 0. The van der Waals surface area contributed by atoms with Gasteiger partial charge in [-0.05, 0) is 26.7 Å². The van der Waals surface area contributed by atoms with Crippen LogP contribution >= 0.6 is 0 Å². The highest BCUT2D eigenvalue weighted by atomic mass is 14.0. The smallest absolute Gasteiger partial charge is 0.0282 e. The highest BCUT2D eigenvalue weighted by Gasteiger charge is 1.91. The van der Waals surface area contributed by atoms with Crippen molar-refractivity contribution in [3.05, 3.63) is 23.8 Å². The SMILES string of the molecule is CC=CC(=CC)CCCCCC. The Balaban J connectivity index is 3.46. The molecule has 0 atom stereocenters. The Hall–Kier alpha value is -0.520. The topological polar surface area (TPSA) is 0 Å². The molecular formula is C12H22. The van der Waals surface area contributed by atoms with E-state index in [0.717, 1.165) is 0 Å². The van der Waals surface area contributed by atoms with Crippen LogP contribution in [0.5, 0.6) is 0 Å². The van der Waals surface area contributed by atoms with Gasteiger partial charge >= 0.3 is 0 Å². The fraction of sp³-hybridized carbons (Fsp3) is 0.667. The minimum atomic E-state index is 1.25. The summed E-state index contributed by atoms with van der Waals surface area (Å²) in [5.74, 6) is 0. The van der Waals surface area contributed by atoms with Crippen LogP contribution in [0.3, 0.4) is 0 Å². The third-order valence-electron chi connectivity index (χ3n) is 2.07. The molecule has 0 nitrogen and oxygen atoms in total. The van der Waals surface area contributed by atoms with E-state index in [2.05, 4.69) is 39.0 Å². The average molecular weight is 166 g/mol.